The molecule has 0 saturated carbocycles. The van der Waals surface area contributed by atoms with Gasteiger partial charge in [-0.2, -0.15) is 0 Å². The number of likely N-dealkylation sites (N-methyl/N-ethyl adjacent to an activating group) is 2. The maximum absolute atomic E-state index is 12.0. The Morgan fingerprint density at radius 3 is 2.56 bits per heavy atom. The largest absolute Gasteiger partial charge is 0.480 e. The Morgan fingerprint density at radius 2 is 2.06 bits per heavy atom. The number of amides is 3. The lowest BCUT2D eigenvalue weighted by atomic mass is 10.2. The highest BCUT2D eigenvalue weighted by atomic mass is 16.4. The minimum atomic E-state index is -1.16. The number of aliphatic hydroxyl groups excluding tert-OH is 1. The van der Waals surface area contributed by atoms with Gasteiger partial charge in [0.05, 0.1) is 6.10 Å². The molecule has 3 N–H and O–H groups in total. The summed E-state index contributed by atoms with van der Waals surface area (Å²) in [5.41, 5.74) is 0. The Morgan fingerprint density at radius 1 is 1.44 bits per heavy atom. The number of β-amino-alcohol motifs (C(OH)–C–C–N with tert-alkyl or cyclic N) is 1. The fraction of sp³-hybridized carbons (Fsp3) is 0.700. The van der Waals surface area contributed by atoms with Gasteiger partial charge in [-0.05, 0) is 0 Å². The summed E-state index contributed by atoms with van der Waals surface area (Å²) in [6, 6.07) is -1.62. The Kier molecular flexibility index (Phi) is 4.49. The molecule has 0 aromatic heterocycles. The van der Waals surface area contributed by atoms with Gasteiger partial charge < -0.3 is 25.3 Å². The second kappa shape index (κ2) is 5.67. The average Bonchev–Trinajstić information content (AvgIpc) is 2.70. The minimum Gasteiger partial charge on any atom is -0.480 e. The number of rotatable bonds is 3. The third-order valence-electron chi connectivity index (χ3n) is 2.80. The van der Waals surface area contributed by atoms with Crippen molar-refractivity contribution in [3.63, 3.8) is 0 Å². The standard InChI is InChI=1S/C10H17N3O5/c1-11-8(15)5-12(2)10(18)13-4-6(14)3-7(13)9(16)17/h6-7,14H,3-5H2,1-2H3,(H,11,15)(H,16,17)/t6-,7-/m0/s1. The molecule has 102 valence electrons. The highest BCUT2D eigenvalue weighted by Crippen LogP contribution is 2.19. The molecule has 0 unspecified atom stereocenters. The lowest BCUT2D eigenvalue weighted by molar-refractivity contribution is -0.141. The molecule has 0 radical (unpaired) electrons. The Labute approximate surface area is 104 Å². The van der Waals surface area contributed by atoms with Gasteiger partial charge in [0.25, 0.3) is 0 Å². The smallest absolute Gasteiger partial charge is 0.326 e. The zero-order valence-electron chi connectivity index (χ0n) is 10.3. The zero-order chi connectivity index (χ0) is 13.9. The highest BCUT2D eigenvalue weighted by molar-refractivity contribution is 5.87. The first-order valence-electron chi connectivity index (χ1n) is 5.50. The van der Waals surface area contributed by atoms with E-state index in [9.17, 15) is 19.5 Å². The lowest BCUT2D eigenvalue weighted by Gasteiger charge is -2.26. The fourth-order valence-electron chi connectivity index (χ4n) is 1.84. The summed E-state index contributed by atoms with van der Waals surface area (Å²) in [4.78, 5) is 36.2. The van der Waals surface area contributed by atoms with Crippen molar-refractivity contribution in [3.8, 4) is 0 Å². The normalized spacial score (nSPS) is 22.7. The van der Waals surface area contributed by atoms with E-state index in [0.29, 0.717) is 0 Å². The summed E-state index contributed by atoms with van der Waals surface area (Å²) in [6.45, 7) is -0.192. The van der Waals surface area contributed by atoms with Crippen LogP contribution in [0.25, 0.3) is 0 Å². The number of nitrogens with one attached hydrogen (secondary N) is 1. The molecule has 1 aliphatic heterocycles. The monoisotopic (exact) mass is 259 g/mol. The van der Waals surface area contributed by atoms with Gasteiger partial charge >= 0.3 is 12.0 Å². The molecule has 0 aromatic carbocycles. The minimum absolute atomic E-state index is 0.00882. The molecule has 0 aliphatic carbocycles. The van der Waals surface area contributed by atoms with Gasteiger partial charge in [0.2, 0.25) is 5.91 Å². The Bertz CT molecular complexity index is 359. The molecule has 1 heterocycles. The van der Waals surface area contributed by atoms with E-state index in [2.05, 4.69) is 5.32 Å². The van der Waals surface area contributed by atoms with Crippen molar-refractivity contribution in [1.82, 2.24) is 15.1 Å². The fourth-order valence-corrected chi connectivity index (χ4v) is 1.84. The van der Waals surface area contributed by atoms with E-state index < -0.39 is 24.1 Å². The van der Waals surface area contributed by atoms with Gasteiger partial charge in [0, 0.05) is 27.1 Å². The quantitative estimate of drug-likeness (QED) is 0.560. The van der Waals surface area contributed by atoms with Crippen LogP contribution < -0.4 is 5.32 Å². The van der Waals surface area contributed by atoms with Crippen molar-refractivity contribution in [3.05, 3.63) is 0 Å². The number of hydrogen-bond donors (Lipinski definition) is 3. The third-order valence-corrected chi connectivity index (χ3v) is 2.80. The number of carboxylic acids is 1. The van der Waals surface area contributed by atoms with E-state index in [-0.39, 0.29) is 25.4 Å². The second-order valence-corrected chi connectivity index (χ2v) is 4.21. The molecule has 18 heavy (non-hydrogen) atoms. The van der Waals surface area contributed by atoms with Gasteiger partial charge in [0.15, 0.2) is 0 Å². The molecular formula is C10H17N3O5. The number of aliphatic carboxylic acids is 1. The Balaban J connectivity index is 2.70. The second-order valence-electron chi connectivity index (χ2n) is 4.21. The maximum Gasteiger partial charge on any atom is 0.326 e. The van der Waals surface area contributed by atoms with Crippen LogP contribution >= 0.6 is 0 Å². The molecule has 3 amide bonds. The van der Waals surface area contributed by atoms with E-state index in [4.69, 9.17) is 5.11 Å². The topological polar surface area (TPSA) is 110 Å². The van der Waals surface area contributed by atoms with Crippen LogP contribution in [0.1, 0.15) is 6.42 Å². The van der Waals surface area contributed by atoms with Crippen LogP contribution in [0.3, 0.4) is 0 Å². The average molecular weight is 259 g/mol. The first-order valence-corrected chi connectivity index (χ1v) is 5.50. The molecule has 1 aliphatic rings. The Hall–Kier alpha value is -1.83. The maximum atomic E-state index is 12.0. The summed E-state index contributed by atoms with van der Waals surface area (Å²) in [7, 11) is 2.85. The SMILES string of the molecule is CNC(=O)CN(C)C(=O)N1C[C@@H](O)C[C@H]1C(=O)O. The van der Waals surface area contributed by atoms with Gasteiger partial charge in [0.1, 0.15) is 12.6 Å². The van der Waals surface area contributed by atoms with Crippen molar-refractivity contribution in [2.45, 2.75) is 18.6 Å². The molecule has 0 spiro atoms. The number of likely N-dealkylation sites (tertiary alicyclic amines) is 1. The molecule has 1 rings (SSSR count). The number of carboxylic acid groups (broad SMARTS) is 1. The van der Waals surface area contributed by atoms with E-state index >= 15 is 0 Å². The number of nitrogens with zero attached hydrogens (tertiary/aromatic N) is 2. The predicted octanol–water partition coefficient (Wildman–Crippen LogP) is -1.70. The van der Waals surface area contributed by atoms with Crippen LogP contribution in [0, 0.1) is 0 Å². The summed E-state index contributed by atoms with van der Waals surface area (Å²) in [5.74, 6) is -1.51. The van der Waals surface area contributed by atoms with Crippen molar-refractivity contribution < 1.29 is 24.6 Å². The van der Waals surface area contributed by atoms with Crippen molar-refractivity contribution in [2.24, 2.45) is 0 Å². The van der Waals surface area contributed by atoms with Crippen LogP contribution in [0.2, 0.25) is 0 Å². The van der Waals surface area contributed by atoms with Crippen LogP contribution in [0.15, 0.2) is 0 Å². The predicted molar refractivity (Wildman–Crippen MR) is 60.8 cm³/mol. The van der Waals surface area contributed by atoms with Crippen LogP contribution in [0.5, 0.6) is 0 Å². The molecule has 2 atom stereocenters. The van der Waals surface area contributed by atoms with Gasteiger partial charge in [-0.15, -0.1) is 0 Å². The molecule has 8 nitrogen and oxygen atoms in total. The van der Waals surface area contributed by atoms with Crippen molar-refractivity contribution in [1.29, 1.82) is 0 Å². The number of carbonyl (C=O) groups is 3. The number of aliphatic hydroxyl groups is 1. The molecule has 8 heteroatoms. The molecule has 0 bridgehead atoms. The van der Waals surface area contributed by atoms with Crippen molar-refractivity contribution >= 4 is 17.9 Å². The molecule has 1 saturated heterocycles. The third kappa shape index (κ3) is 3.10. The molecule has 0 aromatic rings. The zero-order valence-corrected chi connectivity index (χ0v) is 10.3. The summed E-state index contributed by atoms with van der Waals surface area (Å²) >= 11 is 0. The van der Waals surface area contributed by atoms with E-state index in [1.807, 2.05) is 0 Å². The van der Waals surface area contributed by atoms with Gasteiger partial charge in [-0.3, -0.25) is 4.79 Å². The number of carbonyl (C=O) groups excluding carboxylic acids is 2. The first-order chi connectivity index (χ1) is 8.36. The van der Waals surface area contributed by atoms with Crippen molar-refractivity contribution in [2.75, 3.05) is 27.2 Å². The summed E-state index contributed by atoms with van der Waals surface area (Å²) in [5, 5.41) is 20.7. The van der Waals surface area contributed by atoms with E-state index in [1.54, 1.807) is 0 Å². The van der Waals surface area contributed by atoms with Gasteiger partial charge in [-0.1, -0.05) is 0 Å². The summed E-state index contributed by atoms with van der Waals surface area (Å²) in [6.07, 6.45) is -0.835. The number of urea groups is 1. The van der Waals surface area contributed by atoms with Crippen LogP contribution in [0.4, 0.5) is 4.79 Å². The van der Waals surface area contributed by atoms with Crippen LogP contribution in [-0.4, -0.2) is 77.3 Å². The van der Waals surface area contributed by atoms with E-state index in [1.165, 1.54) is 14.1 Å². The lowest BCUT2D eigenvalue weighted by Crippen LogP contribution is -2.49. The van der Waals surface area contributed by atoms with E-state index in [0.717, 1.165) is 9.80 Å². The highest BCUT2D eigenvalue weighted by Gasteiger charge is 2.40. The van der Waals surface area contributed by atoms with Gasteiger partial charge in [-0.25, -0.2) is 9.59 Å². The molecular weight excluding hydrogens is 242 g/mol. The summed E-state index contributed by atoms with van der Waals surface area (Å²) < 4.78 is 0. The van der Waals surface area contributed by atoms with Crippen LogP contribution in [-0.2, 0) is 9.59 Å². The first kappa shape index (κ1) is 14.2. The molecule has 1 fully saturated rings. The number of hydrogen-bond acceptors (Lipinski definition) is 4.